The highest BCUT2D eigenvalue weighted by molar-refractivity contribution is 6.29. The maximum Gasteiger partial charge on any atom is 0.418 e. The number of azide groups is 1. The van der Waals surface area contributed by atoms with Gasteiger partial charge in [0, 0.05) is 4.91 Å². The fraction of sp³-hybridized carbons (Fsp3) is 0.800. The molecule has 136 valence electrons. The molecule has 9 heteroatoms. The van der Waals surface area contributed by atoms with Crippen LogP contribution in [0, 0.1) is 0 Å². The van der Waals surface area contributed by atoms with Gasteiger partial charge in [-0.2, -0.15) is 0 Å². The summed E-state index contributed by atoms with van der Waals surface area (Å²) in [5.74, 6) is -3.38. The second-order valence-electron chi connectivity index (χ2n) is 7.64. The first-order valence-electron chi connectivity index (χ1n) is 7.32. The van der Waals surface area contributed by atoms with E-state index < -0.39 is 40.8 Å². The Morgan fingerprint density at radius 1 is 0.833 bits per heavy atom. The molecule has 1 unspecified atom stereocenters. The Labute approximate surface area is 141 Å². The summed E-state index contributed by atoms with van der Waals surface area (Å²) < 4.78 is 15.1. The zero-order chi connectivity index (χ0) is 19.3. The molecule has 0 aliphatic rings. The number of esters is 3. The van der Waals surface area contributed by atoms with Crippen LogP contribution < -0.4 is 0 Å². The van der Waals surface area contributed by atoms with E-state index in [-0.39, 0.29) is 0 Å². The van der Waals surface area contributed by atoms with Crippen molar-refractivity contribution in [2.45, 2.75) is 78.2 Å². The minimum atomic E-state index is -1.61. The molecule has 0 N–H and O–H groups in total. The van der Waals surface area contributed by atoms with Crippen molar-refractivity contribution in [1.29, 1.82) is 0 Å². The van der Waals surface area contributed by atoms with Crippen molar-refractivity contribution in [3.8, 4) is 0 Å². The van der Waals surface area contributed by atoms with Crippen molar-refractivity contribution in [1.82, 2.24) is 0 Å². The average molecular weight is 343 g/mol. The lowest BCUT2D eigenvalue weighted by atomic mass is 9.99. The molecule has 0 fully saturated rings. The molecular weight excluding hydrogens is 318 g/mol. The van der Waals surface area contributed by atoms with Gasteiger partial charge in [-0.25, -0.2) is 9.59 Å². The van der Waals surface area contributed by atoms with E-state index in [1.165, 1.54) is 13.8 Å². The number of carbonyl (C=O) groups is 3. The molecule has 0 aromatic carbocycles. The number of ether oxygens (including phenoxy) is 3. The lowest BCUT2D eigenvalue weighted by Gasteiger charge is -2.31. The minimum absolute atomic E-state index is 0.828. The molecule has 24 heavy (non-hydrogen) atoms. The maximum absolute atomic E-state index is 12.2. The standard InChI is InChI=1S/C15H25N3O6/c1-13(2,3)22-10(19)9(17-18-16)15(7,8)24-12(21)11(20)23-14(4,5)6/h9H,1-8H3. The number of nitrogens with zero attached hydrogens (tertiary/aromatic N) is 3. The molecule has 0 aliphatic carbocycles. The molecule has 0 aliphatic heterocycles. The van der Waals surface area contributed by atoms with E-state index >= 15 is 0 Å². The molecule has 0 aromatic heterocycles. The second kappa shape index (κ2) is 7.53. The fourth-order valence-corrected chi connectivity index (χ4v) is 1.54. The Balaban J connectivity index is 5.27. The highest BCUT2D eigenvalue weighted by atomic mass is 16.6. The largest absolute Gasteiger partial charge is 0.460 e. The Kier molecular flexibility index (Phi) is 6.81. The molecule has 0 heterocycles. The van der Waals surface area contributed by atoms with Gasteiger partial charge >= 0.3 is 17.9 Å². The van der Waals surface area contributed by atoms with Crippen molar-refractivity contribution < 1.29 is 28.6 Å². The van der Waals surface area contributed by atoms with Gasteiger partial charge in [0.25, 0.3) is 0 Å². The van der Waals surface area contributed by atoms with Crippen molar-refractivity contribution in [3.05, 3.63) is 10.4 Å². The van der Waals surface area contributed by atoms with Gasteiger partial charge < -0.3 is 14.2 Å². The van der Waals surface area contributed by atoms with Crippen molar-refractivity contribution in [2.24, 2.45) is 5.11 Å². The Morgan fingerprint density at radius 3 is 1.62 bits per heavy atom. The average Bonchev–Trinajstić information content (AvgIpc) is 2.30. The third-order valence-corrected chi connectivity index (χ3v) is 2.38. The first-order chi connectivity index (χ1) is 10.6. The first kappa shape index (κ1) is 21.7. The molecule has 0 spiro atoms. The number of hydrogen-bond donors (Lipinski definition) is 0. The van der Waals surface area contributed by atoms with Gasteiger partial charge in [0.15, 0.2) is 6.04 Å². The highest BCUT2D eigenvalue weighted by Gasteiger charge is 2.42. The molecule has 0 saturated carbocycles. The van der Waals surface area contributed by atoms with Crippen LogP contribution in [0.4, 0.5) is 0 Å². The van der Waals surface area contributed by atoms with Crippen molar-refractivity contribution >= 4 is 17.9 Å². The van der Waals surface area contributed by atoms with Crippen LogP contribution in [0.5, 0.6) is 0 Å². The summed E-state index contributed by atoms with van der Waals surface area (Å²) >= 11 is 0. The van der Waals surface area contributed by atoms with Gasteiger partial charge in [-0.15, -0.1) is 0 Å². The van der Waals surface area contributed by atoms with Crippen LogP contribution in [-0.2, 0) is 28.6 Å². The van der Waals surface area contributed by atoms with E-state index in [4.69, 9.17) is 19.7 Å². The van der Waals surface area contributed by atoms with Crippen LogP contribution in [0.25, 0.3) is 10.4 Å². The molecule has 0 saturated heterocycles. The number of carbonyl (C=O) groups excluding carboxylic acids is 3. The predicted molar refractivity (Wildman–Crippen MR) is 84.8 cm³/mol. The minimum Gasteiger partial charge on any atom is -0.460 e. The summed E-state index contributed by atoms with van der Waals surface area (Å²) in [6, 6.07) is -1.46. The topological polar surface area (TPSA) is 128 Å². The van der Waals surface area contributed by atoms with Crippen LogP contribution in [0.15, 0.2) is 5.11 Å². The van der Waals surface area contributed by atoms with E-state index in [0.717, 1.165) is 0 Å². The van der Waals surface area contributed by atoms with Crippen LogP contribution in [0.2, 0.25) is 0 Å². The normalized spacial score (nSPS) is 13.3. The van der Waals surface area contributed by atoms with Crippen LogP contribution in [0.3, 0.4) is 0 Å². The molecule has 9 nitrogen and oxygen atoms in total. The molecule has 0 rings (SSSR count). The lowest BCUT2D eigenvalue weighted by molar-refractivity contribution is -0.186. The molecule has 0 amide bonds. The third kappa shape index (κ3) is 7.82. The van der Waals surface area contributed by atoms with Gasteiger partial charge in [-0.1, -0.05) is 5.11 Å². The Hall–Kier alpha value is -2.28. The van der Waals surface area contributed by atoms with Gasteiger partial charge in [0.1, 0.15) is 16.8 Å². The summed E-state index contributed by atoms with van der Waals surface area (Å²) in [6.45, 7) is 12.3. The van der Waals surface area contributed by atoms with Crippen LogP contribution >= 0.6 is 0 Å². The molecule has 0 bridgehead atoms. The van der Waals surface area contributed by atoms with Crippen LogP contribution in [-0.4, -0.2) is 40.8 Å². The smallest absolute Gasteiger partial charge is 0.418 e. The molecule has 1 atom stereocenters. The third-order valence-electron chi connectivity index (χ3n) is 2.38. The zero-order valence-electron chi connectivity index (χ0n) is 15.4. The maximum atomic E-state index is 12.2. The van der Waals surface area contributed by atoms with Gasteiger partial charge in [-0.3, -0.25) is 4.79 Å². The summed E-state index contributed by atoms with van der Waals surface area (Å²) in [7, 11) is 0. The summed E-state index contributed by atoms with van der Waals surface area (Å²) in [4.78, 5) is 38.3. The molecule has 0 radical (unpaired) electrons. The Bertz CT molecular complexity index is 551. The summed E-state index contributed by atoms with van der Waals surface area (Å²) in [6.07, 6.45) is 0. The monoisotopic (exact) mass is 343 g/mol. The lowest BCUT2D eigenvalue weighted by Crippen LogP contribution is -2.48. The molecular formula is C15H25N3O6. The Morgan fingerprint density at radius 2 is 1.25 bits per heavy atom. The quantitative estimate of drug-likeness (QED) is 0.193. The van der Waals surface area contributed by atoms with Crippen molar-refractivity contribution in [2.75, 3.05) is 0 Å². The van der Waals surface area contributed by atoms with Crippen LogP contribution in [0.1, 0.15) is 55.4 Å². The predicted octanol–water partition coefficient (Wildman–Crippen LogP) is 2.67. The highest BCUT2D eigenvalue weighted by Crippen LogP contribution is 2.23. The molecule has 0 aromatic rings. The zero-order valence-corrected chi connectivity index (χ0v) is 15.4. The second-order valence-corrected chi connectivity index (χ2v) is 7.64. The summed E-state index contributed by atoms with van der Waals surface area (Å²) in [5, 5.41) is 3.34. The van der Waals surface area contributed by atoms with E-state index in [1.54, 1.807) is 41.5 Å². The van der Waals surface area contributed by atoms with E-state index in [9.17, 15) is 14.4 Å². The van der Waals surface area contributed by atoms with Gasteiger partial charge in [-0.05, 0) is 60.9 Å². The summed E-state index contributed by atoms with van der Waals surface area (Å²) in [5.41, 5.74) is 5.35. The number of rotatable bonds is 4. The van der Waals surface area contributed by atoms with E-state index in [1.807, 2.05) is 0 Å². The van der Waals surface area contributed by atoms with Gasteiger partial charge in [0.05, 0.1) is 0 Å². The number of hydrogen-bond acceptors (Lipinski definition) is 7. The first-order valence-corrected chi connectivity index (χ1v) is 7.32. The van der Waals surface area contributed by atoms with E-state index in [2.05, 4.69) is 10.0 Å². The van der Waals surface area contributed by atoms with Gasteiger partial charge in [0.2, 0.25) is 0 Å². The van der Waals surface area contributed by atoms with Crippen molar-refractivity contribution in [3.63, 3.8) is 0 Å². The fourth-order valence-electron chi connectivity index (χ4n) is 1.54. The van der Waals surface area contributed by atoms with E-state index in [0.29, 0.717) is 0 Å². The SMILES string of the molecule is CC(C)(C)OC(=O)C(=O)OC(C)(C)C(N=[N+]=[N-])C(=O)OC(C)(C)C.